The maximum Gasteiger partial charge on any atom is 0.304 e. The average Bonchev–Trinajstić information content (AvgIpc) is 3.06. The molecule has 0 aromatic heterocycles. The van der Waals surface area contributed by atoms with Gasteiger partial charge in [0, 0.05) is 17.5 Å². The number of carboxylic acids is 1. The van der Waals surface area contributed by atoms with Gasteiger partial charge < -0.3 is 9.84 Å². The first-order valence-electron chi connectivity index (χ1n) is 5.81. The molecule has 1 aromatic rings. The van der Waals surface area contributed by atoms with Crippen molar-refractivity contribution in [3.63, 3.8) is 0 Å². The van der Waals surface area contributed by atoms with E-state index in [0.29, 0.717) is 14.7 Å². The molecule has 0 heterocycles. The topological polar surface area (TPSA) is 89.7 Å². The van der Waals surface area contributed by atoms with Crippen molar-refractivity contribution in [2.24, 2.45) is 5.41 Å². The van der Waals surface area contributed by atoms with Crippen LogP contribution >= 0.6 is 31.9 Å². The molecule has 20 heavy (non-hydrogen) atoms. The maximum atomic E-state index is 10.8. The summed E-state index contributed by atoms with van der Waals surface area (Å²) in [6.45, 7) is 0.286. The number of hydrogen-bond donors (Lipinski definition) is 1. The number of rotatable bonds is 6. The maximum absolute atomic E-state index is 10.8. The fourth-order valence-electron chi connectivity index (χ4n) is 1.88. The van der Waals surface area contributed by atoms with Crippen molar-refractivity contribution in [1.29, 1.82) is 0 Å². The largest absolute Gasteiger partial charge is 0.491 e. The van der Waals surface area contributed by atoms with Crippen LogP contribution in [0, 0.1) is 15.5 Å². The number of nitro benzene ring substituents is 1. The Hall–Kier alpha value is -1.15. The molecule has 0 atom stereocenters. The highest BCUT2D eigenvalue weighted by atomic mass is 79.9. The summed E-state index contributed by atoms with van der Waals surface area (Å²) in [5, 5.41) is 19.6. The molecule has 0 saturated heterocycles. The lowest BCUT2D eigenvalue weighted by molar-refractivity contribution is -0.385. The Bertz CT molecular complexity index is 548. The van der Waals surface area contributed by atoms with Gasteiger partial charge in [-0.15, -0.1) is 0 Å². The normalized spacial score (nSPS) is 15.7. The fourth-order valence-corrected chi connectivity index (χ4v) is 3.28. The van der Waals surface area contributed by atoms with Gasteiger partial charge in [0.1, 0.15) is 5.75 Å². The van der Waals surface area contributed by atoms with E-state index >= 15 is 0 Å². The molecule has 6 nitrogen and oxygen atoms in total. The first kappa shape index (κ1) is 15.2. The molecule has 108 valence electrons. The number of non-ortho nitro benzene ring substituents is 1. The summed E-state index contributed by atoms with van der Waals surface area (Å²) in [5.41, 5.74) is -0.352. The van der Waals surface area contributed by atoms with Crippen LogP contribution in [0.25, 0.3) is 0 Å². The number of ether oxygens (including phenoxy) is 1. The quantitative estimate of drug-likeness (QED) is 0.571. The molecule has 1 aromatic carbocycles. The zero-order valence-corrected chi connectivity index (χ0v) is 13.4. The molecule has 0 bridgehead atoms. The molecular weight excluding hydrogens is 398 g/mol. The van der Waals surface area contributed by atoms with Gasteiger partial charge in [0.25, 0.3) is 5.69 Å². The number of nitrogens with zero attached hydrogens (tertiary/aromatic N) is 1. The third-order valence-corrected chi connectivity index (χ3v) is 4.38. The van der Waals surface area contributed by atoms with Gasteiger partial charge in [-0.25, -0.2) is 0 Å². The van der Waals surface area contributed by atoms with Gasteiger partial charge in [-0.2, -0.15) is 0 Å². The van der Waals surface area contributed by atoms with Crippen LogP contribution in [0.1, 0.15) is 19.3 Å². The highest BCUT2D eigenvalue weighted by Crippen LogP contribution is 2.50. The molecule has 1 saturated carbocycles. The Morgan fingerprint density at radius 2 is 1.95 bits per heavy atom. The lowest BCUT2D eigenvalue weighted by atomic mass is 10.0. The molecule has 0 radical (unpaired) electrons. The summed E-state index contributed by atoms with van der Waals surface area (Å²) in [5.74, 6) is -0.389. The van der Waals surface area contributed by atoms with Crippen molar-refractivity contribution in [3.05, 3.63) is 31.2 Å². The number of carboxylic acid groups (broad SMARTS) is 1. The lowest BCUT2D eigenvalue weighted by Gasteiger charge is -2.16. The second kappa shape index (κ2) is 5.69. The van der Waals surface area contributed by atoms with Gasteiger partial charge in [-0.3, -0.25) is 14.9 Å². The second-order valence-electron chi connectivity index (χ2n) is 4.85. The Morgan fingerprint density at radius 3 is 2.35 bits per heavy atom. The number of aliphatic carboxylic acids is 1. The lowest BCUT2D eigenvalue weighted by Crippen LogP contribution is -2.17. The third kappa shape index (κ3) is 3.49. The van der Waals surface area contributed by atoms with Crippen molar-refractivity contribution in [2.75, 3.05) is 6.61 Å². The number of halogens is 2. The molecule has 8 heteroatoms. The molecule has 0 aliphatic heterocycles. The van der Waals surface area contributed by atoms with Crippen molar-refractivity contribution >= 4 is 43.5 Å². The molecule has 1 fully saturated rings. The Kier molecular flexibility index (Phi) is 4.33. The Morgan fingerprint density at radius 1 is 1.40 bits per heavy atom. The predicted octanol–water partition coefficient (Wildman–Crippen LogP) is 3.75. The standard InChI is InChI=1S/C12H11Br2NO5/c13-8-3-7(15(18)19)4-9(14)11(8)20-6-12(1-2-12)5-10(16)17/h3-4H,1-2,5-6H2,(H,16,17). The van der Waals surface area contributed by atoms with E-state index < -0.39 is 10.9 Å². The molecule has 0 unspecified atom stereocenters. The number of carbonyl (C=O) groups is 1. The van der Waals surface area contributed by atoms with Gasteiger partial charge in [-0.05, 0) is 44.7 Å². The average molecular weight is 409 g/mol. The zero-order chi connectivity index (χ0) is 14.9. The fraction of sp³-hybridized carbons (Fsp3) is 0.417. The van der Waals surface area contributed by atoms with E-state index in [1.807, 2.05) is 0 Å². The first-order chi connectivity index (χ1) is 9.33. The molecule has 0 amide bonds. The Labute approximate surface area is 131 Å². The van der Waals surface area contributed by atoms with Gasteiger partial charge in [-0.1, -0.05) is 0 Å². The van der Waals surface area contributed by atoms with E-state index in [-0.39, 0.29) is 24.1 Å². The van der Waals surface area contributed by atoms with Gasteiger partial charge in [0.15, 0.2) is 0 Å². The SMILES string of the molecule is O=C(O)CC1(COc2c(Br)cc([N+](=O)[O-])cc2Br)CC1. The van der Waals surface area contributed by atoms with E-state index in [0.717, 1.165) is 12.8 Å². The molecule has 2 rings (SSSR count). The smallest absolute Gasteiger partial charge is 0.304 e. The van der Waals surface area contributed by atoms with E-state index in [1.165, 1.54) is 12.1 Å². The second-order valence-corrected chi connectivity index (χ2v) is 6.56. The van der Waals surface area contributed by atoms with Crippen LogP contribution < -0.4 is 4.74 Å². The van der Waals surface area contributed by atoms with Crippen LogP contribution in [-0.2, 0) is 4.79 Å². The van der Waals surface area contributed by atoms with Gasteiger partial charge in [0.2, 0.25) is 0 Å². The first-order valence-corrected chi connectivity index (χ1v) is 7.40. The Balaban J connectivity index is 2.11. The van der Waals surface area contributed by atoms with Crippen LogP contribution in [0.2, 0.25) is 0 Å². The van der Waals surface area contributed by atoms with Crippen molar-refractivity contribution in [1.82, 2.24) is 0 Å². The minimum atomic E-state index is -0.840. The van der Waals surface area contributed by atoms with Crippen LogP contribution in [-0.4, -0.2) is 22.6 Å². The van der Waals surface area contributed by atoms with E-state index in [2.05, 4.69) is 31.9 Å². The van der Waals surface area contributed by atoms with Crippen LogP contribution in [0.3, 0.4) is 0 Å². The van der Waals surface area contributed by atoms with E-state index in [1.54, 1.807) is 0 Å². The summed E-state index contributed by atoms with van der Waals surface area (Å²) in [4.78, 5) is 21.0. The van der Waals surface area contributed by atoms with E-state index in [4.69, 9.17) is 9.84 Å². The zero-order valence-electron chi connectivity index (χ0n) is 10.3. The van der Waals surface area contributed by atoms with Crippen LogP contribution in [0.5, 0.6) is 5.75 Å². The summed E-state index contributed by atoms with van der Waals surface area (Å²) < 4.78 is 6.58. The summed E-state index contributed by atoms with van der Waals surface area (Å²) >= 11 is 6.46. The number of benzene rings is 1. The molecule has 1 aliphatic carbocycles. The van der Waals surface area contributed by atoms with Crippen molar-refractivity contribution in [3.8, 4) is 5.75 Å². The third-order valence-electron chi connectivity index (χ3n) is 3.20. The van der Waals surface area contributed by atoms with E-state index in [9.17, 15) is 14.9 Å². The summed E-state index contributed by atoms with van der Waals surface area (Å²) in [6, 6.07) is 2.72. The molecular formula is C12H11Br2NO5. The monoisotopic (exact) mass is 407 g/mol. The number of hydrogen-bond acceptors (Lipinski definition) is 4. The van der Waals surface area contributed by atoms with Crippen LogP contribution in [0.15, 0.2) is 21.1 Å². The number of nitro groups is 1. The minimum absolute atomic E-state index is 0.0530. The highest BCUT2D eigenvalue weighted by molar-refractivity contribution is 9.11. The molecule has 0 spiro atoms. The predicted molar refractivity (Wildman–Crippen MR) is 77.9 cm³/mol. The highest BCUT2D eigenvalue weighted by Gasteiger charge is 2.45. The van der Waals surface area contributed by atoms with Crippen LogP contribution in [0.4, 0.5) is 5.69 Å². The van der Waals surface area contributed by atoms with Crippen molar-refractivity contribution < 1.29 is 19.6 Å². The van der Waals surface area contributed by atoms with Gasteiger partial charge >= 0.3 is 5.97 Å². The molecule has 1 aliphatic rings. The summed E-state index contributed by atoms with van der Waals surface area (Å²) in [7, 11) is 0. The minimum Gasteiger partial charge on any atom is -0.491 e. The molecule has 1 N–H and O–H groups in total. The van der Waals surface area contributed by atoms with Crippen molar-refractivity contribution in [2.45, 2.75) is 19.3 Å². The summed E-state index contributed by atoms with van der Waals surface area (Å²) in [6.07, 6.45) is 1.72. The van der Waals surface area contributed by atoms with Gasteiger partial charge in [0.05, 0.1) is 26.9 Å².